The van der Waals surface area contributed by atoms with Gasteiger partial charge in [0, 0.05) is 15.6 Å². The van der Waals surface area contributed by atoms with E-state index >= 15 is 0 Å². The summed E-state index contributed by atoms with van der Waals surface area (Å²) in [5.74, 6) is 0.0571. The van der Waals surface area contributed by atoms with Crippen LogP contribution in [0.3, 0.4) is 0 Å². The summed E-state index contributed by atoms with van der Waals surface area (Å²) in [6, 6.07) is 16.7. The first kappa shape index (κ1) is 24.6. The zero-order valence-electron chi connectivity index (χ0n) is 17.1. The lowest BCUT2D eigenvalue weighted by Crippen LogP contribution is -2.27. The van der Waals surface area contributed by atoms with Gasteiger partial charge in [-0.05, 0) is 54.1 Å². The lowest BCUT2D eigenvalue weighted by molar-refractivity contribution is -0.137. The first-order chi connectivity index (χ1) is 16.1. The predicted octanol–water partition coefficient (Wildman–Crippen LogP) is 8.00. The molecule has 1 heterocycles. The van der Waals surface area contributed by atoms with Crippen LogP contribution in [-0.4, -0.2) is 10.2 Å². The Labute approximate surface area is 213 Å². The van der Waals surface area contributed by atoms with Crippen molar-refractivity contribution in [3.8, 4) is 5.75 Å². The van der Waals surface area contributed by atoms with Crippen LogP contribution in [0, 0.1) is 0 Å². The maximum absolute atomic E-state index is 13.1. The number of rotatable bonds is 5. The van der Waals surface area contributed by atoms with E-state index in [0.29, 0.717) is 26.3 Å². The van der Waals surface area contributed by atoms with E-state index in [1.807, 2.05) is 0 Å². The van der Waals surface area contributed by atoms with Gasteiger partial charge < -0.3 is 4.74 Å². The van der Waals surface area contributed by atoms with Crippen LogP contribution in [0.25, 0.3) is 6.08 Å². The largest absolute Gasteiger partial charge is 0.489 e. The van der Waals surface area contributed by atoms with Gasteiger partial charge in [0.25, 0.3) is 5.91 Å². The molecule has 1 fully saturated rings. The second-order valence-electron chi connectivity index (χ2n) is 7.16. The molecule has 1 amide bonds. The molecular formula is C24H14Cl2F3NO2S2. The third kappa shape index (κ3) is 5.58. The Morgan fingerprint density at radius 3 is 2.53 bits per heavy atom. The molecule has 0 radical (unpaired) electrons. The zero-order valence-corrected chi connectivity index (χ0v) is 20.3. The van der Waals surface area contributed by atoms with E-state index in [1.54, 1.807) is 48.5 Å². The van der Waals surface area contributed by atoms with E-state index in [9.17, 15) is 18.0 Å². The molecule has 3 aromatic rings. The lowest BCUT2D eigenvalue weighted by Gasteiger charge is -2.16. The van der Waals surface area contributed by atoms with Crippen molar-refractivity contribution in [1.29, 1.82) is 0 Å². The second kappa shape index (κ2) is 10.00. The molecule has 3 aromatic carbocycles. The van der Waals surface area contributed by atoms with Gasteiger partial charge in [0.1, 0.15) is 12.4 Å². The number of alkyl halides is 3. The van der Waals surface area contributed by atoms with E-state index in [-0.39, 0.29) is 16.6 Å². The number of ether oxygens (including phenoxy) is 1. The average Bonchev–Trinajstić information content (AvgIpc) is 3.05. The highest BCUT2D eigenvalue weighted by atomic mass is 35.5. The molecule has 1 aliphatic rings. The van der Waals surface area contributed by atoms with Gasteiger partial charge in [-0.3, -0.25) is 9.69 Å². The normalized spacial score (nSPS) is 15.3. The minimum Gasteiger partial charge on any atom is -0.489 e. The number of hydrogen-bond donors (Lipinski definition) is 0. The number of halogens is 5. The first-order valence-corrected chi connectivity index (χ1v) is 11.7. The van der Waals surface area contributed by atoms with Crippen molar-refractivity contribution < 1.29 is 22.7 Å². The highest BCUT2D eigenvalue weighted by Gasteiger charge is 2.36. The molecule has 0 spiro atoms. The van der Waals surface area contributed by atoms with Crippen LogP contribution < -0.4 is 9.64 Å². The summed E-state index contributed by atoms with van der Waals surface area (Å²) in [5, 5.41) is 1.01. The summed E-state index contributed by atoms with van der Waals surface area (Å²) in [5.41, 5.74) is 0.647. The van der Waals surface area contributed by atoms with Crippen LogP contribution in [0.1, 0.15) is 16.7 Å². The molecule has 10 heteroatoms. The van der Waals surface area contributed by atoms with Crippen molar-refractivity contribution in [2.24, 2.45) is 0 Å². The topological polar surface area (TPSA) is 29.5 Å². The van der Waals surface area contributed by atoms with Gasteiger partial charge in [0.05, 0.1) is 16.2 Å². The highest BCUT2D eigenvalue weighted by Crippen LogP contribution is 2.38. The van der Waals surface area contributed by atoms with Crippen molar-refractivity contribution in [3.63, 3.8) is 0 Å². The van der Waals surface area contributed by atoms with Crippen LogP contribution in [-0.2, 0) is 17.6 Å². The number of thioether (sulfide) groups is 1. The van der Waals surface area contributed by atoms with Gasteiger partial charge in [-0.25, -0.2) is 0 Å². The predicted molar refractivity (Wildman–Crippen MR) is 134 cm³/mol. The summed E-state index contributed by atoms with van der Waals surface area (Å²) in [4.78, 5) is 14.3. The zero-order chi connectivity index (χ0) is 24.5. The summed E-state index contributed by atoms with van der Waals surface area (Å²) in [6.45, 7) is 0.219. The van der Waals surface area contributed by atoms with Gasteiger partial charge in [-0.2, -0.15) is 13.2 Å². The van der Waals surface area contributed by atoms with Crippen LogP contribution in [0.4, 0.5) is 18.9 Å². The number of hydrogen-bond acceptors (Lipinski definition) is 4. The average molecular weight is 540 g/mol. The lowest BCUT2D eigenvalue weighted by atomic mass is 10.1. The molecule has 34 heavy (non-hydrogen) atoms. The highest BCUT2D eigenvalue weighted by molar-refractivity contribution is 8.27. The van der Waals surface area contributed by atoms with E-state index in [0.717, 1.165) is 34.4 Å². The summed E-state index contributed by atoms with van der Waals surface area (Å²) >= 11 is 18.4. The van der Waals surface area contributed by atoms with Crippen LogP contribution >= 0.6 is 47.2 Å². The smallest absolute Gasteiger partial charge is 0.416 e. The summed E-state index contributed by atoms with van der Waals surface area (Å²) in [7, 11) is 0. The van der Waals surface area contributed by atoms with Gasteiger partial charge in [0.15, 0.2) is 4.32 Å². The minimum absolute atomic E-state index is 0.0673. The molecule has 0 aromatic heterocycles. The van der Waals surface area contributed by atoms with Gasteiger partial charge >= 0.3 is 6.18 Å². The molecule has 174 valence electrons. The monoisotopic (exact) mass is 539 g/mol. The number of thiocarbonyl (C=S) groups is 1. The maximum atomic E-state index is 13.1. The third-order valence-electron chi connectivity index (χ3n) is 4.79. The number of benzene rings is 3. The van der Waals surface area contributed by atoms with E-state index < -0.39 is 17.6 Å². The second-order valence-corrected chi connectivity index (χ2v) is 9.68. The van der Waals surface area contributed by atoms with Crippen molar-refractivity contribution in [2.45, 2.75) is 12.8 Å². The summed E-state index contributed by atoms with van der Waals surface area (Å²) < 4.78 is 45.2. The number of carbonyl (C=O) groups excluding carboxylic acids is 1. The molecule has 1 aliphatic heterocycles. The Morgan fingerprint density at radius 2 is 1.79 bits per heavy atom. The number of anilines is 1. The van der Waals surface area contributed by atoms with Crippen LogP contribution in [0.2, 0.25) is 10.0 Å². The molecule has 0 aliphatic carbocycles. The van der Waals surface area contributed by atoms with Crippen molar-refractivity contribution >= 4 is 69.2 Å². The molecule has 0 saturated carbocycles. The molecule has 1 saturated heterocycles. The molecule has 0 N–H and O–H groups in total. The molecular weight excluding hydrogens is 526 g/mol. The SMILES string of the molecule is O=C1/C(=C/c2cccc(OCc3ccc(Cl)cc3Cl)c2)SC(=S)N1c1cccc(C(F)(F)F)c1. The Kier molecular flexibility index (Phi) is 7.23. The fourth-order valence-corrected chi connectivity index (χ4v) is 4.92. The number of nitrogens with zero attached hydrogens (tertiary/aromatic N) is 1. The Bertz CT molecular complexity index is 1310. The molecule has 0 bridgehead atoms. The first-order valence-electron chi connectivity index (χ1n) is 9.74. The van der Waals surface area contributed by atoms with Crippen LogP contribution in [0.15, 0.2) is 71.6 Å². The molecule has 0 atom stereocenters. The van der Waals surface area contributed by atoms with Gasteiger partial charge in [0.2, 0.25) is 0 Å². The quantitative estimate of drug-likeness (QED) is 0.242. The van der Waals surface area contributed by atoms with Crippen molar-refractivity contribution in [1.82, 2.24) is 0 Å². The van der Waals surface area contributed by atoms with E-state index in [2.05, 4.69) is 0 Å². The van der Waals surface area contributed by atoms with Gasteiger partial charge in [-0.1, -0.05) is 71.4 Å². The number of carbonyl (C=O) groups is 1. The fraction of sp³-hybridized carbons (Fsp3) is 0.0833. The van der Waals surface area contributed by atoms with E-state index in [1.165, 1.54) is 12.1 Å². The van der Waals surface area contributed by atoms with Crippen LogP contribution in [0.5, 0.6) is 5.75 Å². The summed E-state index contributed by atoms with van der Waals surface area (Å²) in [6.07, 6.45) is -2.90. The molecule has 3 nitrogen and oxygen atoms in total. The fourth-order valence-electron chi connectivity index (χ4n) is 3.16. The molecule has 4 rings (SSSR count). The standard InChI is InChI=1S/C24H14Cl2F3NO2S2/c25-17-8-7-15(20(26)12-17)13-32-19-6-1-3-14(9-19)10-21-22(31)30(23(33)34-21)18-5-2-4-16(11-18)24(27,28)29/h1-12H,13H2/b21-10-. The Hall–Kier alpha value is -2.52. The van der Waals surface area contributed by atoms with E-state index in [4.69, 9.17) is 40.2 Å². The third-order valence-corrected chi connectivity index (χ3v) is 6.68. The van der Waals surface area contributed by atoms with Crippen molar-refractivity contribution in [2.75, 3.05) is 4.90 Å². The Balaban J connectivity index is 1.52. The maximum Gasteiger partial charge on any atom is 0.416 e. The van der Waals surface area contributed by atoms with Gasteiger partial charge in [-0.15, -0.1) is 0 Å². The van der Waals surface area contributed by atoms with Crippen molar-refractivity contribution in [3.05, 3.63) is 98.4 Å². The Morgan fingerprint density at radius 1 is 1.03 bits per heavy atom. The number of amides is 1. The minimum atomic E-state index is -4.52. The molecule has 0 unspecified atom stereocenters.